The van der Waals surface area contributed by atoms with Crippen molar-refractivity contribution in [1.29, 1.82) is 0 Å². The van der Waals surface area contributed by atoms with E-state index in [-0.39, 0.29) is 18.5 Å². The standard InChI is InChI=1S/C21H20ClF2N5O2/c22-15-5-4-6-17(11-15)29(21(30)28-9-2-1-3-10-28)13-16-8-7-14(12-25-16)19-26-27-20(31-19)18(23)24/h4-8,11-12,18H,1-3,9-10,13H2. The fourth-order valence-corrected chi connectivity index (χ4v) is 3.60. The SMILES string of the molecule is O=C(N1CCCCC1)N(Cc1ccc(-c2nnc(C(F)F)o2)cn1)c1cccc(Cl)c1. The van der Waals surface area contributed by atoms with Gasteiger partial charge in [-0.25, -0.2) is 4.79 Å². The molecule has 31 heavy (non-hydrogen) atoms. The topological polar surface area (TPSA) is 75.4 Å². The van der Waals surface area contributed by atoms with Crippen LogP contribution in [-0.2, 0) is 6.54 Å². The summed E-state index contributed by atoms with van der Waals surface area (Å²) in [5.74, 6) is -0.774. The van der Waals surface area contributed by atoms with E-state index in [0.717, 1.165) is 19.3 Å². The number of nitrogens with zero attached hydrogens (tertiary/aromatic N) is 5. The number of hydrogen-bond acceptors (Lipinski definition) is 5. The zero-order valence-electron chi connectivity index (χ0n) is 16.5. The van der Waals surface area contributed by atoms with Gasteiger partial charge in [0.15, 0.2) is 0 Å². The second-order valence-electron chi connectivity index (χ2n) is 7.18. The molecule has 0 spiro atoms. The van der Waals surface area contributed by atoms with Crippen molar-refractivity contribution in [1.82, 2.24) is 20.1 Å². The Morgan fingerprint density at radius 1 is 1.16 bits per heavy atom. The monoisotopic (exact) mass is 447 g/mol. The number of carbonyl (C=O) groups excluding carboxylic acids is 1. The molecule has 2 amide bonds. The third-order valence-electron chi connectivity index (χ3n) is 5.00. The summed E-state index contributed by atoms with van der Waals surface area (Å²) < 4.78 is 30.3. The average molecular weight is 448 g/mol. The van der Waals surface area contributed by atoms with Crippen LogP contribution in [0.4, 0.5) is 19.3 Å². The number of halogens is 3. The van der Waals surface area contributed by atoms with Gasteiger partial charge in [-0.2, -0.15) is 8.78 Å². The van der Waals surface area contributed by atoms with Crippen LogP contribution in [0.1, 0.15) is 37.3 Å². The quantitative estimate of drug-likeness (QED) is 0.528. The molecule has 0 N–H and O–H groups in total. The van der Waals surface area contributed by atoms with E-state index in [1.807, 2.05) is 11.0 Å². The summed E-state index contributed by atoms with van der Waals surface area (Å²) in [5.41, 5.74) is 1.70. The third kappa shape index (κ3) is 4.99. The largest absolute Gasteiger partial charge is 0.415 e. The zero-order valence-corrected chi connectivity index (χ0v) is 17.3. The molecule has 162 valence electrons. The molecule has 0 bridgehead atoms. The number of amides is 2. The average Bonchev–Trinajstić information content (AvgIpc) is 3.29. The number of rotatable bonds is 5. The van der Waals surface area contributed by atoms with Gasteiger partial charge in [0.1, 0.15) is 0 Å². The van der Waals surface area contributed by atoms with Crippen molar-refractivity contribution in [2.75, 3.05) is 18.0 Å². The second-order valence-corrected chi connectivity index (χ2v) is 7.62. The van der Waals surface area contributed by atoms with Gasteiger partial charge in [-0.3, -0.25) is 9.88 Å². The summed E-state index contributed by atoms with van der Waals surface area (Å²) in [5, 5.41) is 7.47. The molecule has 10 heteroatoms. The third-order valence-corrected chi connectivity index (χ3v) is 5.23. The van der Waals surface area contributed by atoms with Gasteiger partial charge in [0.05, 0.1) is 17.8 Å². The molecule has 1 aliphatic rings. The number of hydrogen-bond donors (Lipinski definition) is 0. The highest BCUT2D eigenvalue weighted by Gasteiger charge is 2.25. The molecule has 1 aromatic carbocycles. The highest BCUT2D eigenvalue weighted by Crippen LogP contribution is 2.26. The maximum Gasteiger partial charge on any atom is 0.324 e. The molecule has 1 saturated heterocycles. The molecule has 3 heterocycles. The summed E-state index contributed by atoms with van der Waals surface area (Å²) in [6.45, 7) is 1.65. The Labute approximate surface area is 182 Å². The number of pyridine rings is 1. The number of alkyl halides is 2. The van der Waals surface area contributed by atoms with Gasteiger partial charge in [-0.05, 0) is 49.6 Å². The van der Waals surface area contributed by atoms with Crippen LogP contribution in [0.15, 0.2) is 47.0 Å². The van der Waals surface area contributed by atoms with Gasteiger partial charge in [0.25, 0.3) is 5.89 Å². The molecule has 0 unspecified atom stereocenters. The van der Waals surface area contributed by atoms with Crippen LogP contribution in [0.3, 0.4) is 0 Å². The molecule has 1 aliphatic heterocycles. The lowest BCUT2D eigenvalue weighted by atomic mass is 10.1. The van der Waals surface area contributed by atoms with Crippen molar-refractivity contribution in [3.8, 4) is 11.5 Å². The van der Waals surface area contributed by atoms with Gasteiger partial charge in [0, 0.05) is 30.0 Å². The highest BCUT2D eigenvalue weighted by atomic mass is 35.5. The molecule has 2 aromatic heterocycles. The molecule has 4 rings (SSSR count). The van der Waals surface area contributed by atoms with Gasteiger partial charge >= 0.3 is 12.5 Å². The molecule has 3 aromatic rings. The molecular formula is C21H20ClF2N5O2. The van der Waals surface area contributed by atoms with E-state index >= 15 is 0 Å². The van der Waals surface area contributed by atoms with Crippen LogP contribution in [0.2, 0.25) is 5.02 Å². The van der Waals surface area contributed by atoms with Crippen molar-refractivity contribution in [2.45, 2.75) is 32.2 Å². The summed E-state index contributed by atoms with van der Waals surface area (Å²) >= 11 is 6.15. The summed E-state index contributed by atoms with van der Waals surface area (Å²) in [4.78, 5) is 21.1. The number of benzene rings is 1. The minimum Gasteiger partial charge on any atom is -0.415 e. The Kier molecular flexibility index (Phi) is 6.41. The van der Waals surface area contributed by atoms with E-state index in [1.165, 1.54) is 6.20 Å². The molecule has 1 fully saturated rings. The fourth-order valence-electron chi connectivity index (χ4n) is 3.42. The van der Waals surface area contributed by atoms with Crippen LogP contribution >= 0.6 is 11.6 Å². The van der Waals surface area contributed by atoms with Crippen molar-refractivity contribution < 1.29 is 18.0 Å². The molecule has 0 saturated carbocycles. The predicted octanol–water partition coefficient (Wildman–Crippen LogP) is 5.34. The predicted molar refractivity (Wildman–Crippen MR) is 111 cm³/mol. The smallest absolute Gasteiger partial charge is 0.324 e. The first kappa shape index (κ1) is 21.2. The fraction of sp³-hybridized carbons (Fsp3) is 0.333. The van der Waals surface area contributed by atoms with E-state index in [4.69, 9.17) is 16.0 Å². The van der Waals surface area contributed by atoms with Crippen LogP contribution in [0.5, 0.6) is 0 Å². The highest BCUT2D eigenvalue weighted by molar-refractivity contribution is 6.30. The normalized spacial score (nSPS) is 14.1. The maximum atomic E-state index is 13.2. The number of carbonyl (C=O) groups is 1. The summed E-state index contributed by atoms with van der Waals surface area (Å²) in [6.07, 6.45) is 1.70. The first-order valence-corrected chi connectivity index (χ1v) is 10.3. The molecule has 7 nitrogen and oxygen atoms in total. The Balaban J connectivity index is 1.56. The lowest BCUT2D eigenvalue weighted by molar-refractivity contribution is 0.116. The van der Waals surface area contributed by atoms with E-state index < -0.39 is 12.3 Å². The molecule has 0 radical (unpaired) electrons. The number of likely N-dealkylation sites (tertiary alicyclic amines) is 1. The minimum absolute atomic E-state index is 0.0366. The Bertz CT molecular complexity index is 1040. The van der Waals surface area contributed by atoms with E-state index in [2.05, 4.69) is 15.2 Å². The van der Waals surface area contributed by atoms with Crippen molar-refractivity contribution in [3.05, 3.63) is 59.2 Å². The van der Waals surface area contributed by atoms with Crippen molar-refractivity contribution in [3.63, 3.8) is 0 Å². The number of urea groups is 1. The minimum atomic E-state index is -2.83. The van der Waals surface area contributed by atoms with Crippen LogP contribution < -0.4 is 4.90 Å². The Morgan fingerprint density at radius 2 is 1.97 bits per heavy atom. The van der Waals surface area contributed by atoms with Crippen LogP contribution in [0.25, 0.3) is 11.5 Å². The first-order valence-electron chi connectivity index (χ1n) is 9.90. The Morgan fingerprint density at radius 3 is 2.61 bits per heavy atom. The van der Waals surface area contributed by atoms with E-state index in [9.17, 15) is 13.6 Å². The van der Waals surface area contributed by atoms with Gasteiger partial charge in [-0.1, -0.05) is 17.7 Å². The van der Waals surface area contributed by atoms with Gasteiger partial charge in [-0.15, -0.1) is 10.2 Å². The van der Waals surface area contributed by atoms with Crippen molar-refractivity contribution >= 4 is 23.3 Å². The number of anilines is 1. The van der Waals surface area contributed by atoms with Crippen molar-refractivity contribution in [2.24, 2.45) is 0 Å². The Hall–Kier alpha value is -3.07. The summed E-state index contributed by atoms with van der Waals surface area (Å²) in [6, 6.07) is 10.3. The molecule has 0 aliphatic carbocycles. The zero-order chi connectivity index (χ0) is 21.8. The lowest BCUT2D eigenvalue weighted by Gasteiger charge is -2.33. The van der Waals surface area contributed by atoms with Gasteiger partial charge < -0.3 is 9.32 Å². The van der Waals surface area contributed by atoms with Crippen LogP contribution in [0, 0.1) is 0 Å². The van der Waals surface area contributed by atoms with E-state index in [0.29, 0.717) is 35.1 Å². The first-order chi connectivity index (χ1) is 15.0. The maximum absolute atomic E-state index is 13.2. The number of aromatic nitrogens is 3. The van der Waals surface area contributed by atoms with E-state index in [1.54, 1.807) is 35.2 Å². The number of piperidine rings is 1. The summed E-state index contributed by atoms with van der Waals surface area (Å²) in [7, 11) is 0. The lowest BCUT2D eigenvalue weighted by Crippen LogP contribution is -2.45. The van der Waals surface area contributed by atoms with Gasteiger partial charge in [0.2, 0.25) is 5.89 Å². The molecular weight excluding hydrogens is 428 g/mol. The molecule has 0 atom stereocenters. The van der Waals surface area contributed by atoms with Crippen LogP contribution in [-0.4, -0.2) is 39.2 Å². The second kappa shape index (κ2) is 9.38.